The van der Waals surface area contributed by atoms with Gasteiger partial charge in [0.15, 0.2) is 6.61 Å². The highest BCUT2D eigenvalue weighted by Gasteiger charge is 2.10. The summed E-state index contributed by atoms with van der Waals surface area (Å²) in [6, 6.07) is 25.9. The Kier molecular flexibility index (Phi) is 5.64. The van der Waals surface area contributed by atoms with E-state index < -0.39 is 0 Å². The number of hydrogen-bond donors (Lipinski definition) is 1. The molecule has 32 heavy (non-hydrogen) atoms. The smallest absolute Gasteiger partial charge is 0.262 e. The summed E-state index contributed by atoms with van der Waals surface area (Å²) in [5.74, 6) is 0.425. The van der Waals surface area contributed by atoms with E-state index in [-0.39, 0.29) is 12.5 Å². The van der Waals surface area contributed by atoms with Gasteiger partial charge in [-0.25, -0.2) is 4.98 Å². The molecular weight excluding hydrogens is 484 g/mol. The Morgan fingerprint density at radius 3 is 2.69 bits per heavy atom. The number of ether oxygens (including phenoxy) is 1. The lowest BCUT2D eigenvalue weighted by Crippen LogP contribution is -2.20. The molecule has 6 heteroatoms. The Balaban J connectivity index is 1.24. The molecule has 0 radical (unpaired) electrons. The molecule has 0 spiro atoms. The van der Waals surface area contributed by atoms with E-state index >= 15 is 0 Å². The van der Waals surface area contributed by atoms with Gasteiger partial charge in [0.25, 0.3) is 5.91 Å². The topological polar surface area (TPSA) is 51.2 Å². The Labute approximate surface area is 198 Å². The first-order valence-corrected chi connectivity index (χ1v) is 11.8. The van der Waals surface area contributed by atoms with Crippen LogP contribution >= 0.6 is 27.3 Å². The van der Waals surface area contributed by atoms with Crippen molar-refractivity contribution in [3.05, 3.63) is 88.9 Å². The molecule has 1 heterocycles. The van der Waals surface area contributed by atoms with Crippen molar-refractivity contribution in [1.29, 1.82) is 0 Å². The van der Waals surface area contributed by atoms with Gasteiger partial charge in [-0.2, -0.15) is 0 Å². The summed E-state index contributed by atoms with van der Waals surface area (Å²) in [6.45, 7) is 2.01. The molecule has 1 amide bonds. The maximum Gasteiger partial charge on any atom is 0.262 e. The molecule has 4 nitrogen and oxygen atoms in total. The molecule has 5 rings (SSSR count). The van der Waals surface area contributed by atoms with E-state index in [1.807, 2.05) is 66.7 Å². The number of benzene rings is 4. The number of hydrogen-bond acceptors (Lipinski definition) is 4. The predicted molar refractivity (Wildman–Crippen MR) is 136 cm³/mol. The van der Waals surface area contributed by atoms with E-state index in [9.17, 15) is 4.79 Å². The summed E-state index contributed by atoms with van der Waals surface area (Å²) >= 11 is 5.25. The molecule has 5 aromatic rings. The van der Waals surface area contributed by atoms with Crippen LogP contribution in [0, 0.1) is 6.92 Å². The minimum Gasteiger partial charge on any atom is -0.483 e. The summed E-state index contributed by atoms with van der Waals surface area (Å²) in [6.07, 6.45) is 0. The lowest BCUT2D eigenvalue weighted by molar-refractivity contribution is -0.118. The molecule has 0 aliphatic carbocycles. The van der Waals surface area contributed by atoms with Gasteiger partial charge < -0.3 is 10.1 Å². The number of aromatic nitrogens is 1. The summed E-state index contributed by atoms with van der Waals surface area (Å²) < 4.78 is 7.77. The first-order chi connectivity index (χ1) is 15.6. The van der Waals surface area contributed by atoms with Gasteiger partial charge in [0.1, 0.15) is 10.8 Å². The molecule has 158 valence electrons. The van der Waals surface area contributed by atoms with Crippen LogP contribution in [-0.4, -0.2) is 17.5 Å². The quantitative estimate of drug-likeness (QED) is 0.276. The molecule has 0 saturated heterocycles. The van der Waals surface area contributed by atoms with Gasteiger partial charge in [0.05, 0.1) is 14.7 Å². The second-order valence-electron chi connectivity index (χ2n) is 7.50. The third-order valence-corrected chi connectivity index (χ3v) is 7.03. The van der Waals surface area contributed by atoms with Crippen LogP contribution in [0.15, 0.2) is 83.3 Å². The van der Waals surface area contributed by atoms with E-state index in [0.29, 0.717) is 5.75 Å². The average Bonchev–Trinajstić information content (AvgIpc) is 3.22. The van der Waals surface area contributed by atoms with Crippen molar-refractivity contribution >= 4 is 59.9 Å². The fourth-order valence-electron chi connectivity index (χ4n) is 3.52. The lowest BCUT2D eigenvalue weighted by Gasteiger charge is -2.11. The normalized spacial score (nSPS) is 11.1. The number of nitrogens with zero attached hydrogens (tertiary/aromatic N) is 1. The van der Waals surface area contributed by atoms with Crippen LogP contribution in [0.2, 0.25) is 0 Å². The van der Waals surface area contributed by atoms with Crippen molar-refractivity contribution in [3.63, 3.8) is 0 Å². The van der Waals surface area contributed by atoms with Crippen LogP contribution in [0.1, 0.15) is 5.56 Å². The second-order valence-corrected chi connectivity index (χ2v) is 9.33. The van der Waals surface area contributed by atoms with Gasteiger partial charge in [0, 0.05) is 11.3 Å². The number of anilines is 1. The molecule has 0 unspecified atom stereocenters. The number of carbonyl (C=O) groups excluding carboxylic acids is 1. The highest BCUT2D eigenvalue weighted by atomic mass is 79.9. The molecule has 1 N–H and O–H groups in total. The Hall–Kier alpha value is -3.22. The zero-order valence-corrected chi connectivity index (χ0v) is 19.7. The lowest BCUT2D eigenvalue weighted by atomic mass is 10.1. The highest BCUT2D eigenvalue weighted by molar-refractivity contribution is 9.10. The second kappa shape index (κ2) is 8.73. The third-order valence-electron chi connectivity index (χ3n) is 5.15. The van der Waals surface area contributed by atoms with Crippen LogP contribution < -0.4 is 10.1 Å². The number of aryl methyl sites for hydroxylation is 1. The maximum atomic E-state index is 12.4. The maximum absolute atomic E-state index is 12.4. The summed E-state index contributed by atoms with van der Waals surface area (Å²) in [5.41, 5.74) is 3.98. The first-order valence-electron chi connectivity index (χ1n) is 10.1. The number of rotatable bonds is 5. The molecule has 4 aromatic carbocycles. The van der Waals surface area contributed by atoms with Gasteiger partial charge in [-0.3, -0.25) is 4.79 Å². The fraction of sp³-hybridized carbons (Fsp3) is 0.0769. The molecule has 0 atom stereocenters. The zero-order valence-electron chi connectivity index (χ0n) is 17.3. The molecule has 0 bridgehead atoms. The minimum atomic E-state index is -0.215. The van der Waals surface area contributed by atoms with Gasteiger partial charge in [0.2, 0.25) is 0 Å². The molecular formula is C26H19BrN2O2S. The number of nitrogens with one attached hydrogen (secondary N) is 1. The van der Waals surface area contributed by atoms with Crippen LogP contribution in [0.4, 0.5) is 5.69 Å². The average molecular weight is 503 g/mol. The zero-order chi connectivity index (χ0) is 22.1. The molecule has 0 saturated carbocycles. The van der Waals surface area contributed by atoms with E-state index in [1.165, 1.54) is 10.3 Å². The predicted octanol–water partition coefficient (Wildman–Crippen LogP) is 7.20. The van der Waals surface area contributed by atoms with E-state index in [1.54, 1.807) is 11.3 Å². The van der Waals surface area contributed by atoms with E-state index in [2.05, 4.69) is 40.3 Å². The van der Waals surface area contributed by atoms with Crippen LogP contribution in [0.5, 0.6) is 5.75 Å². The van der Waals surface area contributed by atoms with Gasteiger partial charge in [-0.1, -0.05) is 36.4 Å². The molecule has 0 aliphatic heterocycles. The van der Waals surface area contributed by atoms with Crippen molar-refractivity contribution in [2.24, 2.45) is 0 Å². The first kappa shape index (κ1) is 20.7. The molecule has 0 aliphatic rings. The van der Waals surface area contributed by atoms with Crippen LogP contribution in [-0.2, 0) is 4.79 Å². The number of amides is 1. The largest absolute Gasteiger partial charge is 0.483 e. The number of halogens is 1. The fourth-order valence-corrected chi connectivity index (χ4v) is 5.19. The van der Waals surface area contributed by atoms with Gasteiger partial charge >= 0.3 is 0 Å². The molecule has 1 aromatic heterocycles. The van der Waals surface area contributed by atoms with Crippen LogP contribution in [0.25, 0.3) is 31.6 Å². The van der Waals surface area contributed by atoms with Crippen molar-refractivity contribution in [1.82, 2.24) is 4.98 Å². The van der Waals surface area contributed by atoms with Crippen LogP contribution in [0.3, 0.4) is 0 Å². The third kappa shape index (κ3) is 4.24. The Morgan fingerprint density at radius 2 is 1.84 bits per heavy atom. The van der Waals surface area contributed by atoms with Crippen molar-refractivity contribution < 1.29 is 9.53 Å². The van der Waals surface area contributed by atoms with Gasteiger partial charge in [-0.05, 0) is 81.7 Å². The van der Waals surface area contributed by atoms with Crippen molar-refractivity contribution in [3.8, 4) is 16.3 Å². The number of thiazole rings is 1. The summed E-state index contributed by atoms with van der Waals surface area (Å²) in [5, 5.41) is 6.01. The Bertz CT molecular complexity index is 1440. The Morgan fingerprint density at radius 1 is 1.03 bits per heavy atom. The van der Waals surface area contributed by atoms with Crippen molar-refractivity contribution in [2.75, 3.05) is 11.9 Å². The van der Waals surface area contributed by atoms with E-state index in [0.717, 1.165) is 37.0 Å². The van der Waals surface area contributed by atoms with Crippen molar-refractivity contribution in [2.45, 2.75) is 6.92 Å². The number of fused-ring (bicyclic) bond motifs is 2. The summed E-state index contributed by atoms with van der Waals surface area (Å²) in [7, 11) is 0. The number of carbonyl (C=O) groups is 1. The molecule has 0 fully saturated rings. The van der Waals surface area contributed by atoms with E-state index in [4.69, 9.17) is 9.72 Å². The SMILES string of the molecule is Cc1ccc2nc(-c3ccc(NC(=O)COc4ccc5ccccc5c4Br)cc3)sc2c1. The standard InChI is InChI=1S/C26H19BrN2O2S/c1-16-6-12-21-23(14-16)32-26(29-21)18-7-10-19(11-8-18)28-24(30)15-31-22-13-9-17-4-2-3-5-20(17)25(22)27/h2-14H,15H2,1H3,(H,28,30). The van der Waals surface area contributed by atoms with Gasteiger partial charge in [-0.15, -0.1) is 11.3 Å². The highest BCUT2D eigenvalue weighted by Crippen LogP contribution is 2.33. The minimum absolute atomic E-state index is 0.0735. The monoisotopic (exact) mass is 502 g/mol. The summed E-state index contributed by atoms with van der Waals surface area (Å²) in [4.78, 5) is 17.1.